The lowest BCUT2D eigenvalue weighted by molar-refractivity contribution is 0.0957. The zero-order valence-electron chi connectivity index (χ0n) is 17.8. The molecule has 0 radical (unpaired) electrons. The van der Waals surface area contributed by atoms with Gasteiger partial charge in [-0.2, -0.15) is 9.49 Å². The summed E-state index contributed by atoms with van der Waals surface area (Å²) in [6.45, 7) is 3.43. The SMILES string of the molecule is CNC(=O)c1ccc(N2CCN(Cc3ccc4c(c3)[nH]c(=O)c3c(Cl)cnn34)CC2)c(F)n1. The number of anilines is 1. The molecule has 1 aromatic carbocycles. The Morgan fingerprint density at radius 3 is 2.73 bits per heavy atom. The number of pyridine rings is 1. The number of aromatic amines is 1. The molecule has 33 heavy (non-hydrogen) atoms. The number of H-pyrrole nitrogens is 1. The minimum Gasteiger partial charge on any atom is -0.365 e. The molecule has 0 unspecified atom stereocenters. The van der Waals surface area contributed by atoms with E-state index in [4.69, 9.17) is 11.6 Å². The van der Waals surface area contributed by atoms with Crippen molar-refractivity contribution in [1.82, 2.24) is 29.8 Å². The van der Waals surface area contributed by atoms with Crippen LogP contribution in [0.5, 0.6) is 0 Å². The van der Waals surface area contributed by atoms with Crippen LogP contribution in [0.1, 0.15) is 16.1 Å². The molecule has 0 aliphatic carbocycles. The van der Waals surface area contributed by atoms with E-state index in [1.165, 1.54) is 19.3 Å². The van der Waals surface area contributed by atoms with Crippen molar-refractivity contribution in [2.24, 2.45) is 0 Å². The Balaban J connectivity index is 1.29. The molecular weight excluding hydrogens is 449 g/mol. The van der Waals surface area contributed by atoms with Crippen LogP contribution in [-0.4, -0.2) is 63.6 Å². The van der Waals surface area contributed by atoms with Crippen molar-refractivity contribution in [3.63, 3.8) is 0 Å². The van der Waals surface area contributed by atoms with E-state index in [1.54, 1.807) is 10.6 Å². The Kier molecular flexibility index (Phi) is 5.47. The van der Waals surface area contributed by atoms with E-state index in [0.717, 1.165) is 24.2 Å². The number of halogens is 2. The third-order valence-electron chi connectivity index (χ3n) is 5.88. The summed E-state index contributed by atoms with van der Waals surface area (Å²) in [6.07, 6.45) is 1.46. The maximum Gasteiger partial charge on any atom is 0.276 e. The number of hydrogen-bond acceptors (Lipinski definition) is 6. The summed E-state index contributed by atoms with van der Waals surface area (Å²) >= 11 is 6.07. The zero-order valence-corrected chi connectivity index (χ0v) is 18.6. The van der Waals surface area contributed by atoms with Gasteiger partial charge in [0.2, 0.25) is 5.95 Å². The molecule has 5 rings (SSSR count). The topological polar surface area (TPSA) is 98.6 Å². The normalized spacial score (nSPS) is 14.8. The number of benzene rings is 1. The van der Waals surface area contributed by atoms with Gasteiger partial charge in [0.25, 0.3) is 11.5 Å². The Morgan fingerprint density at radius 1 is 1.21 bits per heavy atom. The molecule has 0 saturated carbocycles. The van der Waals surface area contributed by atoms with Gasteiger partial charge in [-0.25, -0.2) is 9.50 Å². The number of amides is 1. The molecule has 0 atom stereocenters. The van der Waals surface area contributed by atoms with Crippen LogP contribution < -0.4 is 15.8 Å². The first-order chi connectivity index (χ1) is 15.9. The number of nitrogens with one attached hydrogen (secondary N) is 2. The maximum atomic E-state index is 14.5. The number of fused-ring (bicyclic) bond motifs is 3. The molecule has 11 heteroatoms. The van der Waals surface area contributed by atoms with Crippen LogP contribution in [0.4, 0.5) is 10.1 Å². The van der Waals surface area contributed by atoms with Gasteiger partial charge in [0.1, 0.15) is 5.69 Å². The van der Waals surface area contributed by atoms with Crippen LogP contribution in [0.2, 0.25) is 5.02 Å². The van der Waals surface area contributed by atoms with Crippen molar-refractivity contribution < 1.29 is 9.18 Å². The molecule has 1 aliphatic rings. The maximum absolute atomic E-state index is 14.5. The molecule has 2 N–H and O–H groups in total. The van der Waals surface area contributed by atoms with E-state index in [9.17, 15) is 14.0 Å². The minimum atomic E-state index is -0.645. The molecular formula is C22H21ClFN7O2. The van der Waals surface area contributed by atoms with Crippen molar-refractivity contribution in [2.45, 2.75) is 6.54 Å². The highest BCUT2D eigenvalue weighted by Crippen LogP contribution is 2.22. The zero-order chi connectivity index (χ0) is 23.1. The molecule has 4 aromatic rings. The second-order valence-electron chi connectivity index (χ2n) is 7.91. The summed E-state index contributed by atoms with van der Waals surface area (Å²) in [5.74, 6) is -1.06. The van der Waals surface area contributed by atoms with E-state index in [1.807, 2.05) is 23.1 Å². The minimum absolute atomic E-state index is 0.0568. The standard InChI is InChI=1S/C22H21ClFN7O2/c1-25-21(32)15-3-5-18(20(24)27-15)30-8-6-29(7-9-30)12-13-2-4-17-16(10-13)28-22(33)19-14(23)11-26-31(17)19/h2-5,10-11H,6-9,12H2,1H3,(H,25,32)(H,28,33). The third-order valence-corrected chi connectivity index (χ3v) is 6.16. The summed E-state index contributed by atoms with van der Waals surface area (Å²) in [5, 5.41) is 6.96. The summed E-state index contributed by atoms with van der Waals surface area (Å²) in [5.41, 5.74) is 3.01. The van der Waals surface area contributed by atoms with Crippen molar-refractivity contribution >= 4 is 39.7 Å². The summed E-state index contributed by atoms with van der Waals surface area (Å²) in [4.78, 5) is 34.9. The number of nitrogens with zero attached hydrogens (tertiary/aromatic N) is 5. The molecule has 170 valence electrons. The van der Waals surface area contributed by atoms with Crippen molar-refractivity contribution in [3.05, 3.63) is 69.1 Å². The highest BCUT2D eigenvalue weighted by molar-refractivity contribution is 6.33. The third kappa shape index (κ3) is 3.91. The molecule has 1 amide bonds. The van der Waals surface area contributed by atoms with Crippen LogP contribution in [0.3, 0.4) is 0 Å². The molecule has 9 nitrogen and oxygen atoms in total. The fraction of sp³-hybridized carbons (Fsp3) is 0.273. The van der Waals surface area contributed by atoms with Gasteiger partial charge in [-0.3, -0.25) is 14.5 Å². The van der Waals surface area contributed by atoms with Crippen molar-refractivity contribution in [2.75, 3.05) is 38.1 Å². The van der Waals surface area contributed by atoms with E-state index < -0.39 is 11.9 Å². The lowest BCUT2D eigenvalue weighted by Gasteiger charge is -2.36. The summed E-state index contributed by atoms with van der Waals surface area (Å²) in [7, 11) is 1.48. The average Bonchev–Trinajstić information content (AvgIpc) is 3.21. The van der Waals surface area contributed by atoms with E-state index in [0.29, 0.717) is 41.4 Å². The molecule has 1 saturated heterocycles. The van der Waals surface area contributed by atoms with Gasteiger partial charge >= 0.3 is 0 Å². The number of carbonyl (C=O) groups is 1. The first kappa shape index (κ1) is 21.4. The van der Waals surface area contributed by atoms with Crippen molar-refractivity contribution in [3.8, 4) is 0 Å². The van der Waals surface area contributed by atoms with Crippen LogP contribution >= 0.6 is 11.6 Å². The van der Waals surface area contributed by atoms with E-state index in [-0.39, 0.29) is 11.3 Å². The Hall–Kier alpha value is -3.50. The molecule has 0 bridgehead atoms. The van der Waals surface area contributed by atoms with Gasteiger partial charge in [-0.15, -0.1) is 0 Å². The van der Waals surface area contributed by atoms with Gasteiger partial charge < -0.3 is 15.2 Å². The van der Waals surface area contributed by atoms with Crippen LogP contribution in [0.15, 0.2) is 41.3 Å². The van der Waals surface area contributed by atoms with Gasteiger partial charge in [0.05, 0.1) is 27.9 Å². The van der Waals surface area contributed by atoms with Crippen LogP contribution in [0.25, 0.3) is 16.6 Å². The van der Waals surface area contributed by atoms with E-state index >= 15 is 0 Å². The monoisotopic (exact) mass is 469 g/mol. The molecule has 1 aliphatic heterocycles. The second-order valence-corrected chi connectivity index (χ2v) is 8.31. The number of rotatable bonds is 4. The summed E-state index contributed by atoms with van der Waals surface area (Å²) in [6, 6.07) is 9.00. The van der Waals surface area contributed by atoms with Crippen LogP contribution in [-0.2, 0) is 6.54 Å². The second kappa shape index (κ2) is 8.45. The van der Waals surface area contributed by atoms with Gasteiger partial charge in [-0.1, -0.05) is 17.7 Å². The van der Waals surface area contributed by atoms with Crippen molar-refractivity contribution in [1.29, 1.82) is 0 Å². The molecule has 4 heterocycles. The highest BCUT2D eigenvalue weighted by atomic mass is 35.5. The number of aromatic nitrogens is 4. The highest BCUT2D eigenvalue weighted by Gasteiger charge is 2.21. The Labute approximate surface area is 192 Å². The number of hydrogen-bond donors (Lipinski definition) is 2. The first-order valence-corrected chi connectivity index (χ1v) is 10.9. The fourth-order valence-corrected chi connectivity index (χ4v) is 4.40. The predicted molar refractivity (Wildman–Crippen MR) is 123 cm³/mol. The smallest absolute Gasteiger partial charge is 0.276 e. The number of carbonyl (C=O) groups excluding carboxylic acids is 1. The van der Waals surface area contributed by atoms with Crippen LogP contribution in [0, 0.1) is 5.95 Å². The van der Waals surface area contributed by atoms with Gasteiger partial charge in [0, 0.05) is 39.8 Å². The summed E-state index contributed by atoms with van der Waals surface area (Å²) < 4.78 is 16.0. The first-order valence-electron chi connectivity index (χ1n) is 10.5. The molecule has 1 fully saturated rings. The lowest BCUT2D eigenvalue weighted by atomic mass is 10.1. The predicted octanol–water partition coefficient (Wildman–Crippen LogP) is 2.05. The lowest BCUT2D eigenvalue weighted by Crippen LogP contribution is -2.46. The Bertz CT molecular complexity index is 1430. The van der Waals surface area contributed by atoms with E-state index in [2.05, 4.69) is 25.3 Å². The largest absolute Gasteiger partial charge is 0.365 e. The quantitative estimate of drug-likeness (QED) is 0.444. The van der Waals surface area contributed by atoms with Gasteiger partial charge in [0.15, 0.2) is 5.52 Å². The number of piperazine rings is 1. The van der Waals surface area contributed by atoms with Gasteiger partial charge in [-0.05, 0) is 29.8 Å². The average molecular weight is 470 g/mol. The Morgan fingerprint density at radius 2 is 2.00 bits per heavy atom. The fourth-order valence-electron chi connectivity index (χ4n) is 4.19. The molecule has 3 aromatic heterocycles. The molecule has 0 spiro atoms.